The van der Waals surface area contributed by atoms with Crippen molar-refractivity contribution in [3.8, 4) is 0 Å². The second-order valence-electron chi connectivity index (χ2n) is 7.65. The third-order valence-electron chi connectivity index (χ3n) is 5.44. The van der Waals surface area contributed by atoms with E-state index in [0.717, 1.165) is 24.2 Å². The summed E-state index contributed by atoms with van der Waals surface area (Å²) in [6, 6.07) is 1.39. The van der Waals surface area contributed by atoms with Gasteiger partial charge in [0, 0.05) is 43.5 Å². The maximum Gasteiger partial charge on any atom is 0.191 e. The molecule has 2 heterocycles. The van der Waals surface area contributed by atoms with Crippen LogP contribution in [0.15, 0.2) is 10.4 Å². The highest BCUT2D eigenvalue weighted by Crippen LogP contribution is 2.26. The van der Waals surface area contributed by atoms with Crippen LogP contribution in [0.1, 0.15) is 69.0 Å². The summed E-state index contributed by atoms with van der Waals surface area (Å²) in [6.07, 6.45) is 8.10. The van der Waals surface area contributed by atoms with Gasteiger partial charge in [-0.3, -0.25) is 4.99 Å². The first-order chi connectivity index (χ1) is 12.2. The second kappa shape index (κ2) is 8.99. The van der Waals surface area contributed by atoms with Crippen LogP contribution in [0.5, 0.6) is 0 Å². The quantitative estimate of drug-likeness (QED) is 0.622. The number of nitrogens with one attached hydrogen (secondary N) is 2. The van der Waals surface area contributed by atoms with E-state index in [1.165, 1.54) is 56.6 Å². The molecular formula is C19H33N5S. The first-order valence-corrected chi connectivity index (χ1v) is 10.7. The van der Waals surface area contributed by atoms with Crippen molar-refractivity contribution >= 4 is 17.3 Å². The number of nitrogens with zero attached hydrogens (tertiary/aromatic N) is 3. The number of likely N-dealkylation sites (tertiary alicyclic amines) is 1. The van der Waals surface area contributed by atoms with Gasteiger partial charge in [0.1, 0.15) is 0 Å². The molecule has 0 bridgehead atoms. The van der Waals surface area contributed by atoms with Crippen LogP contribution in [-0.2, 0) is 6.54 Å². The number of piperidine rings is 1. The number of aromatic nitrogens is 1. The molecule has 2 fully saturated rings. The first-order valence-electron chi connectivity index (χ1n) is 9.81. The minimum Gasteiger partial charge on any atom is -0.354 e. The molecule has 5 nitrogen and oxygen atoms in total. The molecule has 1 saturated heterocycles. The van der Waals surface area contributed by atoms with Crippen molar-refractivity contribution in [2.75, 3.05) is 20.1 Å². The Morgan fingerprint density at radius 2 is 2.00 bits per heavy atom. The van der Waals surface area contributed by atoms with E-state index in [-0.39, 0.29) is 0 Å². The Morgan fingerprint density at radius 3 is 2.60 bits per heavy atom. The largest absolute Gasteiger partial charge is 0.354 e. The molecule has 2 aliphatic rings. The average Bonchev–Trinajstić information content (AvgIpc) is 3.31. The van der Waals surface area contributed by atoms with Crippen LogP contribution < -0.4 is 10.6 Å². The van der Waals surface area contributed by atoms with E-state index in [9.17, 15) is 0 Å². The van der Waals surface area contributed by atoms with Crippen molar-refractivity contribution in [3.05, 3.63) is 16.1 Å². The molecule has 140 valence electrons. The van der Waals surface area contributed by atoms with Crippen LogP contribution in [0.2, 0.25) is 0 Å². The van der Waals surface area contributed by atoms with Crippen molar-refractivity contribution < 1.29 is 0 Å². The predicted octanol–water partition coefficient (Wildman–Crippen LogP) is 3.34. The molecule has 0 atom stereocenters. The molecule has 3 rings (SSSR count). The topological polar surface area (TPSA) is 52.6 Å². The Balaban J connectivity index is 1.41. The van der Waals surface area contributed by atoms with Gasteiger partial charge in [-0.15, -0.1) is 11.3 Å². The Bertz CT molecular complexity index is 554. The Morgan fingerprint density at radius 1 is 1.28 bits per heavy atom. The van der Waals surface area contributed by atoms with Crippen LogP contribution in [0.4, 0.5) is 0 Å². The number of hydrogen-bond acceptors (Lipinski definition) is 4. The second-order valence-corrected chi connectivity index (χ2v) is 8.54. The van der Waals surface area contributed by atoms with E-state index < -0.39 is 0 Å². The average molecular weight is 364 g/mol. The van der Waals surface area contributed by atoms with E-state index in [2.05, 4.69) is 44.7 Å². The maximum atomic E-state index is 4.68. The maximum absolute atomic E-state index is 4.68. The zero-order valence-corrected chi connectivity index (χ0v) is 16.7. The smallest absolute Gasteiger partial charge is 0.191 e. The fraction of sp³-hybridized carbons (Fsp3) is 0.789. The number of thiazole rings is 1. The van der Waals surface area contributed by atoms with Gasteiger partial charge in [0.2, 0.25) is 0 Å². The third-order valence-corrected chi connectivity index (χ3v) is 6.63. The highest BCUT2D eigenvalue weighted by atomic mass is 32.1. The van der Waals surface area contributed by atoms with E-state index in [1.807, 2.05) is 7.05 Å². The van der Waals surface area contributed by atoms with Crippen molar-refractivity contribution in [1.82, 2.24) is 20.5 Å². The fourth-order valence-electron chi connectivity index (χ4n) is 3.91. The van der Waals surface area contributed by atoms with Crippen LogP contribution in [0.25, 0.3) is 0 Å². The van der Waals surface area contributed by atoms with Crippen molar-refractivity contribution in [3.63, 3.8) is 0 Å². The molecule has 0 radical (unpaired) electrons. The lowest BCUT2D eigenvalue weighted by Gasteiger charge is -2.36. The van der Waals surface area contributed by atoms with E-state index in [4.69, 9.17) is 0 Å². The Labute approximate surface area is 156 Å². The highest BCUT2D eigenvalue weighted by Gasteiger charge is 2.27. The van der Waals surface area contributed by atoms with Crippen LogP contribution >= 0.6 is 11.3 Å². The number of guanidine groups is 1. The molecule has 0 unspecified atom stereocenters. The summed E-state index contributed by atoms with van der Waals surface area (Å²) in [4.78, 5) is 11.8. The molecule has 1 saturated carbocycles. The van der Waals surface area contributed by atoms with E-state index in [1.54, 1.807) is 11.3 Å². The monoisotopic (exact) mass is 363 g/mol. The Kier molecular flexibility index (Phi) is 6.70. The van der Waals surface area contributed by atoms with Gasteiger partial charge in [0.05, 0.1) is 17.2 Å². The highest BCUT2D eigenvalue weighted by molar-refractivity contribution is 7.09. The molecule has 0 amide bonds. The summed E-state index contributed by atoms with van der Waals surface area (Å²) in [5.74, 6) is 1.40. The summed E-state index contributed by atoms with van der Waals surface area (Å²) in [7, 11) is 1.85. The van der Waals surface area contributed by atoms with Gasteiger partial charge in [-0.2, -0.15) is 0 Å². The molecule has 0 aromatic carbocycles. The molecule has 25 heavy (non-hydrogen) atoms. The first kappa shape index (κ1) is 18.6. The lowest BCUT2D eigenvalue weighted by Crippen LogP contribution is -2.50. The third kappa shape index (κ3) is 5.17. The molecule has 1 aliphatic heterocycles. The van der Waals surface area contributed by atoms with E-state index >= 15 is 0 Å². The number of rotatable bonds is 5. The van der Waals surface area contributed by atoms with E-state index in [0.29, 0.717) is 12.0 Å². The zero-order valence-electron chi connectivity index (χ0n) is 15.9. The van der Waals surface area contributed by atoms with Crippen LogP contribution in [0, 0.1) is 0 Å². The summed E-state index contributed by atoms with van der Waals surface area (Å²) in [5.41, 5.74) is 1.10. The predicted molar refractivity (Wildman–Crippen MR) is 106 cm³/mol. The minimum atomic E-state index is 0.501. The lowest BCUT2D eigenvalue weighted by molar-refractivity contribution is 0.150. The van der Waals surface area contributed by atoms with Crippen molar-refractivity contribution in [2.45, 2.75) is 76.9 Å². The van der Waals surface area contributed by atoms with Gasteiger partial charge in [-0.05, 0) is 25.7 Å². The van der Waals surface area contributed by atoms with Gasteiger partial charge >= 0.3 is 0 Å². The summed E-state index contributed by atoms with van der Waals surface area (Å²) in [5, 5.41) is 10.4. The lowest BCUT2D eigenvalue weighted by atomic mass is 10.0. The van der Waals surface area contributed by atoms with Gasteiger partial charge in [-0.25, -0.2) is 4.98 Å². The molecular weight excluding hydrogens is 330 g/mol. The van der Waals surface area contributed by atoms with Crippen molar-refractivity contribution in [2.24, 2.45) is 4.99 Å². The van der Waals surface area contributed by atoms with Crippen LogP contribution in [0.3, 0.4) is 0 Å². The summed E-state index contributed by atoms with van der Waals surface area (Å²) < 4.78 is 0. The normalized spacial score (nSPS) is 21.2. The molecule has 1 aromatic rings. The summed E-state index contributed by atoms with van der Waals surface area (Å²) >= 11 is 1.75. The molecule has 2 N–H and O–H groups in total. The minimum absolute atomic E-state index is 0.501. The van der Waals surface area contributed by atoms with Crippen molar-refractivity contribution in [1.29, 1.82) is 0 Å². The molecule has 1 aliphatic carbocycles. The SMILES string of the molecule is CN=C(NCc1csc(C(C)C)n1)NC1CCN(C2CCCC2)CC1. The molecule has 1 aromatic heterocycles. The standard InChI is InChI=1S/C19H33N5S/c1-14(2)18-22-16(13-25-18)12-21-19(20-3)23-15-8-10-24(11-9-15)17-6-4-5-7-17/h13-15,17H,4-12H2,1-3H3,(H2,20,21,23). The molecule has 0 spiro atoms. The molecule has 6 heteroatoms. The van der Waals surface area contributed by atoms with Gasteiger partial charge < -0.3 is 15.5 Å². The number of hydrogen-bond donors (Lipinski definition) is 2. The fourth-order valence-corrected chi connectivity index (χ4v) is 4.74. The van der Waals surface area contributed by atoms with Gasteiger partial charge in [0.15, 0.2) is 5.96 Å². The van der Waals surface area contributed by atoms with Gasteiger partial charge in [-0.1, -0.05) is 26.7 Å². The summed E-state index contributed by atoms with van der Waals surface area (Å²) in [6.45, 7) is 7.57. The Hall–Kier alpha value is -1.14. The zero-order chi connectivity index (χ0) is 17.6. The van der Waals surface area contributed by atoms with Gasteiger partial charge in [0.25, 0.3) is 0 Å². The number of aliphatic imine (C=N–C) groups is 1. The van der Waals surface area contributed by atoms with Crippen LogP contribution in [-0.4, -0.2) is 48.1 Å².